The molecular formula is C16H21N3O3. The molecule has 2 fully saturated rings. The van der Waals surface area contributed by atoms with Gasteiger partial charge in [0.25, 0.3) is 0 Å². The third-order valence-electron chi connectivity index (χ3n) is 4.26. The molecule has 2 amide bonds. The summed E-state index contributed by atoms with van der Waals surface area (Å²) in [5, 5.41) is 2.89. The van der Waals surface area contributed by atoms with Gasteiger partial charge in [0.1, 0.15) is 0 Å². The topological polar surface area (TPSA) is 71.5 Å². The number of rotatable bonds is 6. The minimum absolute atomic E-state index is 0.0717. The number of carbonyl (C=O) groups is 2. The molecule has 1 atom stereocenters. The monoisotopic (exact) mass is 303 g/mol. The lowest BCUT2D eigenvalue weighted by Gasteiger charge is -2.16. The molecule has 1 saturated carbocycles. The van der Waals surface area contributed by atoms with E-state index in [-0.39, 0.29) is 17.7 Å². The van der Waals surface area contributed by atoms with Gasteiger partial charge in [-0.2, -0.15) is 0 Å². The van der Waals surface area contributed by atoms with Crippen LogP contribution in [-0.2, 0) is 16.1 Å². The molecule has 1 saturated heterocycles. The van der Waals surface area contributed by atoms with E-state index < -0.39 is 0 Å². The summed E-state index contributed by atoms with van der Waals surface area (Å²) >= 11 is 0. The number of hydrogen-bond acceptors (Lipinski definition) is 4. The summed E-state index contributed by atoms with van der Waals surface area (Å²) in [5.41, 5.74) is 0.831. The van der Waals surface area contributed by atoms with Crippen molar-refractivity contribution in [3.8, 4) is 5.88 Å². The number of likely N-dealkylation sites (tertiary alicyclic amines) is 1. The smallest absolute Gasteiger partial charge is 0.225 e. The van der Waals surface area contributed by atoms with Crippen LogP contribution in [-0.4, -0.2) is 41.9 Å². The number of hydrogen-bond donors (Lipinski definition) is 1. The molecule has 1 aromatic heterocycles. The maximum atomic E-state index is 12.3. The molecule has 0 unspecified atom stereocenters. The third-order valence-corrected chi connectivity index (χ3v) is 4.26. The molecule has 0 radical (unpaired) electrons. The number of methoxy groups -OCH3 is 1. The predicted molar refractivity (Wildman–Crippen MR) is 80.0 cm³/mol. The molecule has 1 N–H and O–H groups in total. The number of amides is 2. The molecule has 6 nitrogen and oxygen atoms in total. The Bertz CT molecular complexity index is 572. The lowest BCUT2D eigenvalue weighted by atomic mass is 10.1. The summed E-state index contributed by atoms with van der Waals surface area (Å²) < 4.78 is 5.16. The van der Waals surface area contributed by atoms with Crippen molar-refractivity contribution in [1.82, 2.24) is 15.2 Å². The largest absolute Gasteiger partial charge is 0.481 e. The SMILES string of the molecule is COc1ncccc1CNC(=O)[C@@H]1CC(=O)N(CC2CC2)C1. The first-order valence-electron chi connectivity index (χ1n) is 7.70. The van der Waals surface area contributed by atoms with Crippen LogP contribution in [0.3, 0.4) is 0 Å². The summed E-state index contributed by atoms with van der Waals surface area (Å²) in [6, 6.07) is 3.67. The van der Waals surface area contributed by atoms with E-state index in [1.807, 2.05) is 11.0 Å². The number of nitrogens with zero attached hydrogens (tertiary/aromatic N) is 2. The summed E-state index contributed by atoms with van der Waals surface area (Å²) in [5.74, 6) is 0.962. The fourth-order valence-electron chi connectivity index (χ4n) is 2.81. The normalized spacial score (nSPS) is 21.0. The number of pyridine rings is 1. The van der Waals surface area contributed by atoms with E-state index in [0.717, 1.165) is 12.1 Å². The fraction of sp³-hybridized carbons (Fsp3) is 0.562. The highest BCUT2D eigenvalue weighted by molar-refractivity contribution is 5.89. The summed E-state index contributed by atoms with van der Waals surface area (Å²) in [6.07, 6.45) is 4.39. The molecule has 2 aliphatic rings. The maximum Gasteiger partial charge on any atom is 0.225 e. The standard InChI is InChI=1S/C16H21N3O3/c1-22-16-12(3-2-6-17-16)8-18-15(21)13-7-14(20)19(10-13)9-11-4-5-11/h2-3,6,11,13H,4-5,7-10H2,1H3,(H,18,21)/t13-/m1/s1. The van der Waals surface area contributed by atoms with Crippen molar-refractivity contribution in [3.63, 3.8) is 0 Å². The molecule has 0 bridgehead atoms. The van der Waals surface area contributed by atoms with Gasteiger partial charge in [0.2, 0.25) is 17.7 Å². The molecule has 1 aliphatic carbocycles. The number of nitrogens with one attached hydrogen (secondary N) is 1. The van der Waals surface area contributed by atoms with E-state index >= 15 is 0 Å². The Kier molecular flexibility index (Phi) is 4.27. The van der Waals surface area contributed by atoms with Gasteiger partial charge in [0.15, 0.2) is 0 Å². The number of carbonyl (C=O) groups excluding carboxylic acids is 2. The Morgan fingerprint density at radius 1 is 1.50 bits per heavy atom. The van der Waals surface area contributed by atoms with Crippen molar-refractivity contribution in [1.29, 1.82) is 0 Å². The maximum absolute atomic E-state index is 12.3. The highest BCUT2D eigenvalue weighted by atomic mass is 16.5. The van der Waals surface area contributed by atoms with Gasteiger partial charge < -0.3 is 15.0 Å². The van der Waals surface area contributed by atoms with Crippen LogP contribution in [0.15, 0.2) is 18.3 Å². The van der Waals surface area contributed by atoms with Gasteiger partial charge in [-0.3, -0.25) is 9.59 Å². The highest BCUT2D eigenvalue weighted by Crippen LogP contribution is 2.32. The van der Waals surface area contributed by atoms with Crippen molar-refractivity contribution >= 4 is 11.8 Å². The van der Waals surface area contributed by atoms with Gasteiger partial charge >= 0.3 is 0 Å². The molecule has 3 rings (SSSR count). The van der Waals surface area contributed by atoms with Crippen LogP contribution in [0.2, 0.25) is 0 Å². The number of aromatic nitrogens is 1. The zero-order chi connectivity index (χ0) is 15.5. The second-order valence-electron chi connectivity index (χ2n) is 6.03. The Morgan fingerprint density at radius 2 is 2.32 bits per heavy atom. The van der Waals surface area contributed by atoms with Crippen LogP contribution in [0.1, 0.15) is 24.8 Å². The van der Waals surface area contributed by atoms with Gasteiger partial charge in [-0.15, -0.1) is 0 Å². The van der Waals surface area contributed by atoms with E-state index in [9.17, 15) is 9.59 Å². The second kappa shape index (κ2) is 6.34. The fourth-order valence-corrected chi connectivity index (χ4v) is 2.81. The average molecular weight is 303 g/mol. The first-order chi connectivity index (χ1) is 10.7. The molecule has 0 aromatic carbocycles. The van der Waals surface area contributed by atoms with Gasteiger partial charge in [-0.1, -0.05) is 6.07 Å². The van der Waals surface area contributed by atoms with Gasteiger partial charge in [0, 0.05) is 37.8 Å². The number of ether oxygens (including phenoxy) is 1. The Balaban J connectivity index is 1.52. The average Bonchev–Trinajstić information content (AvgIpc) is 3.27. The molecule has 0 spiro atoms. The van der Waals surface area contributed by atoms with E-state index in [2.05, 4.69) is 10.3 Å². The highest BCUT2D eigenvalue weighted by Gasteiger charge is 2.36. The minimum atomic E-state index is -0.242. The van der Waals surface area contributed by atoms with Crippen LogP contribution in [0.25, 0.3) is 0 Å². The van der Waals surface area contributed by atoms with Crippen molar-refractivity contribution in [2.45, 2.75) is 25.8 Å². The first kappa shape index (κ1) is 14.8. The van der Waals surface area contributed by atoms with E-state index in [1.54, 1.807) is 19.4 Å². The summed E-state index contributed by atoms with van der Waals surface area (Å²) in [6.45, 7) is 1.73. The summed E-state index contributed by atoms with van der Waals surface area (Å²) in [4.78, 5) is 30.1. The molecule has 2 heterocycles. The minimum Gasteiger partial charge on any atom is -0.481 e. The first-order valence-corrected chi connectivity index (χ1v) is 7.70. The second-order valence-corrected chi connectivity index (χ2v) is 6.03. The summed E-state index contributed by atoms with van der Waals surface area (Å²) in [7, 11) is 1.55. The van der Waals surface area contributed by atoms with Gasteiger partial charge in [-0.25, -0.2) is 4.98 Å². The molecule has 1 aromatic rings. The van der Waals surface area contributed by atoms with Crippen LogP contribution < -0.4 is 10.1 Å². The molecular weight excluding hydrogens is 282 g/mol. The van der Waals surface area contributed by atoms with E-state index in [0.29, 0.717) is 31.3 Å². The van der Waals surface area contributed by atoms with Crippen molar-refractivity contribution in [2.24, 2.45) is 11.8 Å². The van der Waals surface area contributed by atoms with Gasteiger partial charge in [0.05, 0.1) is 13.0 Å². The molecule has 1 aliphatic heterocycles. The van der Waals surface area contributed by atoms with E-state index in [4.69, 9.17) is 4.74 Å². The lowest BCUT2D eigenvalue weighted by molar-refractivity contribution is -0.129. The van der Waals surface area contributed by atoms with Crippen molar-refractivity contribution in [3.05, 3.63) is 23.9 Å². The zero-order valence-corrected chi connectivity index (χ0v) is 12.7. The molecule has 22 heavy (non-hydrogen) atoms. The molecule has 118 valence electrons. The Labute approximate surface area is 129 Å². The van der Waals surface area contributed by atoms with Crippen LogP contribution in [0.4, 0.5) is 0 Å². The zero-order valence-electron chi connectivity index (χ0n) is 12.7. The van der Waals surface area contributed by atoms with Crippen molar-refractivity contribution < 1.29 is 14.3 Å². The van der Waals surface area contributed by atoms with Crippen LogP contribution in [0, 0.1) is 11.8 Å². The molecule has 6 heteroatoms. The Morgan fingerprint density at radius 3 is 3.05 bits per heavy atom. The van der Waals surface area contributed by atoms with Crippen LogP contribution in [0.5, 0.6) is 5.88 Å². The quantitative estimate of drug-likeness (QED) is 0.850. The third kappa shape index (κ3) is 3.37. The van der Waals surface area contributed by atoms with Crippen LogP contribution >= 0.6 is 0 Å². The predicted octanol–water partition coefficient (Wildman–Crippen LogP) is 0.965. The van der Waals surface area contributed by atoms with Gasteiger partial charge in [-0.05, 0) is 24.8 Å². The van der Waals surface area contributed by atoms with Crippen molar-refractivity contribution in [2.75, 3.05) is 20.2 Å². The van der Waals surface area contributed by atoms with E-state index in [1.165, 1.54) is 12.8 Å². The lowest BCUT2D eigenvalue weighted by Crippen LogP contribution is -2.33. The Hall–Kier alpha value is -2.11.